The van der Waals surface area contributed by atoms with Crippen molar-refractivity contribution in [1.82, 2.24) is 0 Å². The number of anilines is 1. The number of amides is 1. The Labute approximate surface area is 117 Å². The molecule has 1 saturated carbocycles. The van der Waals surface area contributed by atoms with E-state index in [4.69, 9.17) is 4.74 Å². The zero-order valence-electron chi connectivity index (χ0n) is 11.7. The van der Waals surface area contributed by atoms with E-state index in [2.05, 4.69) is 5.32 Å². The molecule has 1 aromatic rings. The Morgan fingerprint density at radius 1 is 1.45 bits per heavy atom. The molecule has 0 spiro atoms. The lowest BCUT2D eigenvalue weighted by molar-refractivity contribution is -0.122. The number of halogens is 1. The third-order valence-corrected chi connectivity index (χ3v) is 3.38. The molecule has 1 aromatic carbocycles. The number of ether oxygens (including phenoxy) is 1. The molecule has 0 heterocycles. The predicted molar refractivity (Wildman–Crippen MR) is 74.1 cm³/mol. The minimum atomic E-state index is -0.613. The average Bonchev–Trinajstić information content (AvgIpc) is 2.78. The molecule has 0 bridgehead atoms. The van der Waals surface area contributed by atoms with Crippen molar-refractivity contribution < 1.29 is 19.0 Å². The number of carbonyl (C=O) groups is 1. The van der Waals surface area contributed by atoms with Crippen LogP contribution >= 0.6 is 0 Å². The largest absolute Gasteiger partial charge is 0.489 e. The summed E-state index contributed by atoms with van der Waals surface area (Å²) in [6.07, 6.45) is 1.43. The molecule has 20 heavy (non-hydrogen) atoms. The summed E-state index contributed by atoms with van der Waals surface area (Å²) in [5.74, 6) is -0.718. The van der Waals surface area contributed by atoms with Crippen LogP contribution < -0.4 is 10.1 Å². The predicted octanol–water partition coefficient (Wildman–Crippen LogP) is 2.71. The molecular weight excluding hydrogens is 261 g/mol. The van der Waals surface area contributed by atoms with E-state index in [1.54, 1.807) is 0 Å². The molecule has 5 heteroatoms. The smallest absolute Gasteiger partial charge is 0.230 e. The van der Waals surface area contributed by atoms with Crippen LogP contribution in [0.3, 0.4) is 0 Å². The topological polar surface area (TPSA) is 58.6 Å². The highest BCUT2D eigenvalue weighted by molar-refractivity contribution is 5.94. The second kappa shape index (κ2) is 6.22. The Hall–Kier alpha value is -1.62. The lowest BCUT2D eigenvalue weighted by Crippen LogP contribution is -2.29. The van der Waals surface area contributed by atoms with Crippen LogP contribution in [0.25, 0.3) is 0 Å². The maximum Gasteiger partial charge on any atom is 0.230 e. The van der Waals surface area contributed by atoms with Gasteiger partial charge in [-0.05, 0) is 45.2 Å². The van der Waals surface area contributed by atoms with Crippen LogP contribution in [0, 0.1) is 11.7 Å². The molecule has 0 aliphatic heterocycles. The number of benzene rings is 1. The van der Waals surface area contributed by atoms with Crippen LogP contribution in [0.5, 0.6) is 5.75 Å². The zero-order valence-corrected chi connectivity index (χ0v) is 11.7. The maximum atomic E-state index is 13.3. The molecular formula is C15H20FNO3. The standard InChI is InChI=1S/C15H20FNO3/c1-9(2)20-14-7-6-10(16)8-12(14)17-15(19)11-4-3-5-13(11)18/h6-9,11,13,18H,3-5H2,1-2H3,(H,17,19). The SMILES string of the molecule is CC(C)Oc1ccc(F)cc1NC(=O)C1CCCC1O. The first kappa shape index (κ1) is 14.8. The van der Waals surface area contributed by atoms with Crippen LogP contribution in [0.2, 0.25) is 0 Å². The van der Waals surface area contributed by atoms with E-state index >= 15 is 0 Å². The second-order valence-corrected chi connectivity index (χ2v) is 5.40. The molecule has 1 fully saturated rings. The lowest BCUT2D eigenvalue weighted by Gasteiger charge is -2.18. The second-order valence-electron chi connectivity index (χ2n) is 5.40. The number of nitrogens with one attached hydrogen (secondary N) is 1. The summed E-state index contributed by atoms with van der Waals surface area (Å²) >= 11 is 0. The van der Waals surface area contributed by atoms with E-state index in [9.17, 15) is 14.3 Å². The fourth-order valence-electron chi connectivity index (χ4n) is 2.43. The van der Waals surface area contributed by atoms with E-state index in [-0.39, 0.29) is 12.0 Å². The lowest BCUT2D eigenvalue weighted by atomic mass is 10.1. The van der Waals surface area contributed by atoms with Gasteiger partial charge in [-0.2, -0.15) is 0 Å². The van der Waals surface area contributed by atoms with Crippen molar-refractivity contribution in [3.63, 3.8) is 0 Å². The molecule has 0 radical (unpaired) electrons. The third kappa shape index (κ3) is 3.48. The van der Waals surface area contributed by atoms with Crippen LogP contribution in [0.15, 0.2) is 18.2 Å². The highest BCUT2D eigenvalue weighted by Crippen LogP contribution is 2.30. The maximum absolute atomic E-state index is 13.3. The molecule has 2 atom stereocenters. The Morgan fingerprint density at radius 2 is 2.20 bits per heavy atom. The summed E-state index contributed by atoms with van der Waals surface area (Å²) in [4.78, 5) is 12.1. The molecule has 110 valence electrons. The van der Waals surface area contributed by atoms with E-state index in [0.29, 0.717) is 24.3 Å². The van der Waals surface area contributed by atoms with Gasteiger partial charge in [-0.3, -0.25) is 4.79 Å². The Bertz CT molecular complexity index is 490. The number of carbonyl (C=O) groups excluding carboxylic acids is 1. The number of rotatable bonds is 4. The van der Waals surface area contributed by atoms with Gasteiger partial charge in [0, 0.05) is 6.07 Å². The Morgan fingerprint density at radius 3 is 2.80 bits per heavy atom. The fourth-order valence-corrected chi connectivity index (χ4v) is 2.43. The van der Waals surface area contributed by atoms with Crippen LogP contribution in [-0.2, 0) is 4.79 Å². The summed E-state index contributed by atoms with van der Waals surface area (Å²) in [5.41, 5.74) is 0.308. The third-order valence-electron chi connectivity index (χ3n) is 3.38. The first-order valence-corrected chi connectivity index (χ1v) is 6.92. The summed E-state index contributed by atoms with van der Waals surface area (Å²) < 4.78 is 18.9. The minimum absolute atomic E-state index is 0.0758. The molecule has 2 N–H and O–H groups in total. The van der Waals surface area contributed by atoms with Crippen molar-refractivity contribution >= 4 is 11.6 Å². The molecule has 2 unspecified atom stereocenters. The van der Waals surface area contributed by atoms with Gasteiger partial charge in [0.15, 0.2) is 0 Å². The van der Waals surface area contributed by atoms with Gasteiger partial charge < -0.3 is 15.2 Å². The van der Waals surface area contributed by atoms with E-state index < -0.39 is 17.8 Å². The quantitative estimate of drug-likeness (QED) is 0.892. The van der Waals surface area contributed by atoms with Crippen molar-refractivity contribution in [1.29, 1.82) is 0 Å². The average molecular weight is 281 g/mol. The van der Waals surface area contributed by atoms with Gasteiger partial charge >= 0.3 is 0 Å². The summed E-state index contributed by atoms with van der Waals surface area (Å²) in [7, 11) is 0. The monoisotopic (exact) mass is 281 g/mol. The zero-order chi connectivity index (χ0) is 14.7. The molecule has 1 aliphatic rings. The number of aliphatic hydroxyl groups excluding tert-OH is 1. The van der Waals surface area contributed by atoms with Gasteiger partial charge in [0.1, 0.15) is 11.6 Å². The molecule has 1 aliphatic carbocycles. The van der Waals surface area contributed by atoms with Gasteiger partial charge in [-0.15, -0.1) is 0 Å². The molecule has 1 amide bonds. The summed E-state index contributed by atoms with van der Waals surface area (Å²) in [6, 6.07) is 4.02. The van der Waals surface area contributed by atoms with Gasteiger partial charge in [0.25, 0.3) is 0 Å². The highest BCUT2D eigenvalue weighted by Gasteiger charge is 2.31. The molecule has 4 nitrogen and oxygen atoms in total. The van der Waals surface area contributed by atoms with Gasteiger partial charge in [-0.25, -0.2) is 4.39 Å². The normalized spacial score (nSPS) is 22.1. The van der Waals surface area contributed by atoms with Crippen LogP contribution in [0.1, 0.15) is 33.1 Å². The Kier molecular flexibility index (Phi) is 4.60. The first-order chi connectivity index (χ1) is 9.47. The Balaban J connectivity index is 2.14. The van der Waals surface area contributed by atoms with Crippen LogP contribution in [0.4, 0.5) is 10.1 Å². The first-order valence-electron chi connectivity index (χ1n) is 6.92. The molecule has 2 rings (SSSR count). The van der Waals surface area contributed by atoms with E-state index in [1.807, 2.05) is 13.8 Å². The molecule has 0 aromatic heterocycles. The van der Waals surface area contributed by atoms with Crippen molar-refractivity contribution in [2.45, 2.75) is 45.3 Å². The van der Waals surface area contributed by atoms with Crippen molar-refractivity contribution in [2.75, 3.05) is 5.32 Å². The van der Waals surface area contributed by atoms with Crippen molar-refractivity contribution in [3.8, 4) is 5.75 Å². The van der Waals surface area contributed by atoms with Gasteiger partial charge in [0.05, 0.1) is 23.8 Å². The fraction of sp³-hybridized carbons (Fsp3) is 0.533. The van der Waals surface area contributed by atoms with Crippen molar-refractivity contribution in [2.24, 2.45) is 5.92 Å². The van der Waals surface area contributed by atoms with Crippen LogP contribution in [-0.4, -0.2) is 23.2 Å². The van der Waals surface area contributed by atoms with Gasteiger partial charge in [-0.1, -0.05) is 0 Å². The van der Waals surface area contributed by atoms with E-state index in [1.165, 1.54) is 18.2 Å². The van der Waals surface area contributed by atoms with Gasteiger partial charge in [0.2, 0.25) is 5.91 Å². The number of aliphatic hydroxyl groups is 1. The molecule has 0 saturated heterocycles. The summed E-state index contributed by atoms with van der Waals surface area (Å²) in [6.45, 7) is 3.71. The summed E-state index contributed by atoms with van der Waals surface area (Å²) in [5, 5.41) is 12.4. The van der Waals surface area contributed by atoms with E-state index in [0.717, 1.165) is 6.42 Å². The minimum Gasteiger partial charge on any atom is -0.489 e. The highest BCUT2D eigenvalue weighted by atomic mass is 19.1. The van der Waals surface area contributed by atoms with Crippen molar-refractivity contribution in [3.05, 3.63) is 24.0 Å². The number of hydrogen-bond donors (Lipinski definition) is 2. The number of hydrogen-bond acceptors (Lipinski definition) is 3.